The van der Waals surface area contributed by atoms with Crippen LogP contribution in [0.4, 0.5) is 10.5 Å². The number of esters is 1. The fourth-order valence-corrected chi connectivity index (χ4v) is 6.06. The normalized spacial score (nSPS) is 23.0. The van der Waals surface area contributed by atoms with E-state index in [1.807, 2.05) is 30.3 Å². The maximum absolute atomic E-state index is 13.2. The second kappa shape index (κ2) is 11.1. The van der Waals surface area contributed by atoms with Gasteiger partial charge in [-0.05, 0) is 42.0 Å². The number of fused-ring (bicyclic) bond motifs is 2. The Bertz CT molecular complexity index is 1460. The summed E-state index contributed by atoms with van der Waals surface area (Å²) in [7, 11) is 2.95. The summed E-state index contributed by atoms with van der Waals surface area (Å²) in [6, 6.07) is 12.8. The number of ether oxygens (including phenoxy) is 5. The van der Waals surface area contributed by atoms with Gasteiger partial charge in [0.1, 0.15) is 24.6 Å². The van der Waals surface area contributed by atoms with Crippen molar-refractivity contribution in [2.45, 2.75) is 24.5 Å². The topological polar surface area (TPSA) is 120 Å². The van der Waals surface area contributed by atoms with Crippen LogP contribution in [-0.4, -0.2) is 86.3 Å². The van der Waals surface area contributed by atoms with E-state index in [4.69, 9.17) is 23.7 Å². The summed E-state index contributed by atoms with van der Waals surface area (Å²) in [6.07, 6.45) is 0.992. The average Bonchev–Trinajstić information content (AvgIpc) is 3.34. The maximum Gasteiger partial charge on any atom is 0.415 e. The molecule has 2 aromatic carbocycles. The van der Waals surface area contributed by atoms with Crippen molar-refractivity contribution in [3.8, 4) is 17.2 Å². The Morgan fingerprint density at radius 1 is 1.15 bits per heavy atom. The summed E-state index contributed by atoms with van der Waals surface area (Å²) in [5.41, 5.74) is 1.28. The number of likely N-dealkylation sites (tertiary alicyclic amines) is 1. The van der Waals surface area contributed by atoms with Crippen molar-refractivity contribution in [1.29, 1.82) is 0 Å². The Morgan fingerprint density at radius 2 is 1.98 bits per heavy atom. The third kappa shape index (κ3) is 5.22. The number of hydrogen-bond donors (Lipinski definition) is 1. The van der Waals surface area contributed by atoms with Gasteiger partial charge in [-0.3, -0.25) is 19.6 Å². The summed E-state index contributed by atoms with van der Waals surface area (Å²) in [5, 5.41) is 12.1. The second-order valence-electron chi connectivity index (χ2n) is 10.6. The highest BCUT2D eigenvalue weighted by molar-refractivity contribution is 5.91. The zero-order chi connectivity index (χ0) is 28.6. The molecule has 11 nitrogen and oxygen atoms in total. The zero-order valence-electron chi connectivity index (χ0n) is 23.1. The van der Waals surface area contributed by atoms with E-state index in [1.165, 1.54) is 7.11 Å². The molecule has 11 heteroatoms. The van der Waals surface area contributed by atoms with Gasteiger partial charge in [-0.1, -0.05) is 0 Å². The molecule has 0 bridgehead atoms. The molecule has 4 heterocycles. The van der Waals surface area contributed by atoms with Crippen LogP contribution in [0.5, 0.6) is 17.2 Å². The number of carbonyl (C=O) groups excluding carboxylic acids is 2. The lowest BCUT2D eigenvalue weighted by Crippen LogP contribution is -2.55. The third-order valence-corrected chi connectivity index (χ3v) is 8.26. The number of rotatable bonds is 7. The fraction of sp³-hybridized carbons (Fsp3) is 0.433. The first kappa shape index (κ1) is 27.1. The number of nitrogens with zero attached hydrogens (tertiary/aromatic N) is 3. The molecular weight excluding hydrogens is 530 g/mol. The minimum Gasteiger partial charge on any atom is -0.497 e. The van der Waals surface area contributed by atoms with Crippen molar-refractivity contribution in [2.24, 2.45) is 5.92 Å². The molecule has 41 heavy (non-hydrogen) atoms. The Labute approximate surface area is 237 Å². The summed E-state index contributed by atoms with van der Waals surface area (Å²) in [5.74, 6) is 1.19. The van der Waals surface area contributed by atoms with Gasteiger partial charge in [0.05, 0.1) is 44.5 Å². The van der Waals surface area contributed by atoms with E-state index in [0.29, 0.717) is 62.2 Å². The van der Waals surface area contributed by atoms with Crippen molar-refractivity contribution in [3.05, 3.63) is 54.2 Å². The van der Waals surface area contributed by atoms with Gasteiger partial charge in [0, 0.05) is 49.6 Å². The first-order valence-corrected chi connectivity index (χ1v) is 13.7. The number of methoxy groups -OCH3 is 2. The molecule has 2 saturated heterocycles. The van der Waals surface area contributed by atoms with Gasteiger partial charge < -0.3 is 28.8 Å². The molecule has 0 radical (unpaired) electrons. The molecule has 3 atom stereocenters. The summed E-state index contributed by atoms with van der Waals surface area (Å²) >= 11 is 0. The summed E-state index contributed by atoms with van der Waals surface area (Å²) in [6.45, 7) is 2.57. The Morgan fingerprint density at radius 3 is 2.78 bits per heavy atom. The lowest BCUT2D eigenvalue weighted by Gasteiger charge is -2.44. The number of piperidine rings is 1. The number of carbonyl (C=O) groups is 2. The van der Waals surface area contributed by atoms with Gasteiger partial charge in [-0.2, -0.15) is 0 Å². The number of aliphatic hydroxyl groups excluding tert-OH is 1. The number of β-amino-alcohol motifs (C(OH)–C–C–N with tert-alkyl or cyclic N) is 1. The lowest BCUT2D eigenvalue weighted by molar-refractivity contribution is -0.146. The van der Waals surface area contributed by atoms with E-state index in [0.717, 1.165) is 16.5 Å². The van der Waals surface area contributed by atoms with Crippen LogP contribution in [0.1, 0.15) is 24.5 Å². The van der Waals surface area contributed by atoms with E-state index in [2.05, 4.69) is 9.88 Å². The monoisotopic (exact) mass is 563 g/mol. The van der Waals surface area contributed by atoms with Crippen LogP contribution in [0, 0.1) is 5.92 Å². The number of pyridine rings is 1. The Balaban J connectivity index is 1.21. The van der Waals surface area contributed by atoms with Crippen LogP contribution in [0.15, 0.2) is 48.7 Å². The third-order valence-electron chi connectivity index (χ3n) is 8.26. The Kier molecular flexibility index (Phi) is 7.31. The van der Waals surface area contributed by atoms with E-state index < -0.39 is 17.8 Å². The van der Waals surface area contributed by atoms with Gasteiger partial charge in [0.15, 0.2) is 11.5 Å². The lowest BCUT2D eigenvalue weighted by atomic mass is 9.78. The molecule has 3 aliphatic rings. The van der Waals surface area contributed by atoms with Crippen LogP contribution in [0.25, 0.3) is 10.9 Å². The number of aromatic nitrogens is 1. The molecule has 3 aliphatic heterocycles. The second-order valence-corrected chi connectivity index (χ2v) is 10.6. The smallest absolute Gasteiger partial charge is 0.415 e. The number of amides is 1. The zero-order valence-corrected chi connectivity index (χ0v) is 23.1. The SMILES string of the molecule is COC(=O)C[C@@H]1CN(C[C@@H](O)c2ccnc3ccc(OC)cc23)CC[C@]12CN(c1ccc3c(c1)OCCO3)C(=O)O2. The number of hydrogen-bond acceptors (Lipinski definition) is 10. The van der Waals surface area contributed by atoms with Crippen molar-refractivity contribution in [2.75, 3.05) is 58.5 Å². The molecule has 3 aromatic rings. The minimum atomic E-state index is -0.878. The van der Waals surface area contributed by atoms with E-state index in [1.54, 1.807) is 30.3 Å². The molecule has 6 rings (SSSR count). The van der Waals surface area contributed by atoms with E-state index >= 15 is 0 Å². The molecule has 0 saturated carbocycles. The van der Waals surface area contributed by atoms with Crippen LogP contribution in [0.2, 0.25) is 0 Å². The standard InChI is InChI=1S/C30H33N3O8/c1-37-21-4-5-24-23(15-21)22(7-9-31-24)25(34)17-32-10-8-30(19(16-32)13-28(35)38-2)18-33(29(36)41-30)20-3-6-26-27(14-20)40-12-11-39-26/h3-7,9,14-15,19,25,34H,8,10-13,16-18H2,1-2H3/t19-,25-,30+/m1/s1. The molecular formula is C30H33N3O8. The van der Waals surface area contributed by atoms with Crippen LogP contribution in [0.3, 0.4) is 0 Å². The van der Waals surface area contributed by atoms with Gasteiger partial charge >= 0.3 is 12.1 Å². The highest BCUT2D eigenvalue weighted by atomic mass is 16.6. The van der Waals surface area contributed by atoms with Crippen molar-refractivity contribution in [3.63, 3.8) is 0 Å². The fourth-order valence-electron chi connectivity index (χ4n) is 6.06. The summed E-state index contributed by atoms with van der Waals surface area (Å²) in [4.78, 5) is 33.8. The van der Waals surface area contributed by atoms with Crippen molar-refractivity contribution < 1.29 is 38.4 Å². The Hall–Kier alpha value is -4.09. The highest BCUT2D eigenvalue weighted by Crippen LogP contribution is 2.43. The predicted octanol–water partition coefficient (Wildman–Crippen LogP) is 3.33. The summed E-state index contributed by atoms with van der Waals surface area (Å²) < 4.78 is 27.8. The van der Waals surface area contributed by atoms with E-state index in [9.17, 15) is 14.7 Å². The molecule has 0 aliphatic carbocycles. The maximum atomic E-state index is 13.2. The molecule has 1 N–H and O–H groups in total. The van der Waals surface area contributed by atoms with Crippen LogP contribution >= 0.6 is 0 Å². The van der Waals surface area contributed by atoms with Gasteiger partial charge in [0.2, 0.25) is 0 Å². The van der Waals surface area contributed by atoms with Gasteiger partial charge in [-0.25, -0.2) is 4.79 Å². The predicted molar refractivity (Wildman–Crippen MR) is 148 cm³/mol. The quantitative estimate of drug-likeness (QED) is 0.429. The number of anilines is 1. The molecule has 2 fully saturated rings. The van der Waals surface area contributed by atoms with Gasteiger partial charge in [-0.15, -0.1) is 0 Å². The van der Waals surface area contributed by atoms with Crippen LogP contribution < -0.4 is 19.1 Å². The molecule has 1 aromatic heterocycles. The minimum absolute atomic E-state index is 0.0841. The highest BCUT2D eigenvalue weighted by Gasteiger charge is 2.54. The molecule has 0 unspecified atom stereocenters. The van der Waals surface area contributed by atoms with Crippen LogP contribution in [-0.2, 0) is 14.3 Å². The molecule has 216 valence electrons. The molecule has 1 amide bonds. The first-order valence-electron chi connectivity index (χ1n) is 13.7. The largest absolute Gasteiger partial charge is 0.497 e. The van der Waals surface area contributed by atoms with Gasteiger partial charge in [0.25, 0.3) is 0 Å². The van der Waals surface area contributed by atoms with Crippen molar-refractivity contribution >= 4 is 28.7 Å². The first-order chi connectivity index (χ1) is 19.9. The average molecular weight is 564 g/mol. The van der Waals surface area contributed by atoms with Crippen molar-refractivity contribution in [1.82, 2.24) is 9.88 Å². The number of aliphatic hydroxyl groups is 1. The van der Waals surface area contributed by atoms with E-state index in [-0.39, 0.29) is 24.9 Å². The number of benzene rings is 2. The molecule has 1 spiro atoms.